The summed E-state index contributed by atoms with van der Waals surface area (Å²) in [5.74, 6) is -0.601. The molecular formula is C14H14N4O4S. The third-order valence-electron chi connectivity index (χ3n) is 2.80. The molecule has 0 saturated heterocycles. The first-order valence-corrected chi connectivity index (χ1v) is 7.18. The highest BCUT2D eigenvalue weighted by atomic mass is 32.1. The molecule has 1 aromatic heterocycles. The number of hydrogen-bond acceptors (Lipinski definition) is 5. The predicted octanol–water partition coefficient (Wildman–Crippen LogP) is 1.60. The monoisotopic (exact) mass is 334 g/mol. The fourth-order valence-electron chi connectivity index (χ4n) is 1.79. The molecule has 120 valence electrons. The second-order valence-corrected chi connectivity index (χ2v) is 5.45. The van der Waals surface area contributed by atoms with E-state index in [4.69, 9.17) is 16.2 Å². The van der Waals surface area contributed by atoms with Gasteiger partial charge in [-0.05, 0) is 24.3 Å². The molecule has 8 nitrogen and oxygen atoms in total. The van der Waals surface area contributed by atoms with Gasteiger partial charge in [-0.1, -0.05) is 17.4 Å². The van der Waals surface area contributed by atoms with Crippen LogP contribution in [0.2, 0.25) is 0 Å². The summed E-state index contributed by atoms with van der Waals surface area (Å²) in [7, 11) is 1.50. The minimum atomic E-state index is -0.833. The van der Waals surface area contributed by atoms with E-state index in [9.17, 15) is 14.4 Å². The number of carbonyl (C=O) groups excluding carboxylic acids is 3. The number of amides is 4. The standard InChI is InChI=1S/C14H14N4O4S/c1-22-8-4-2-3-7(5-8)12(20)17-10-6-9(11(15)19)13(23-10)18-14(16)21/h2-6H,1H3,(H2,15,19)(H,17,20)(H3,16,18,21). The Labute approximate surface area is 135 Å². The van der Waals surface area contributed by atoms with Gasteiger partial charge in [0, 0.05) is 5.56 Å². The van der Waals surface area contributed by atoms with Crippen LogP contribution >= 0.6 is 11.3 Å². The molecule has 4 amide bonds. The van der Waals surface area contributed by atoms with Crippen molar-refractivity contribution < 1.29 is 19.1 Å². The Morgan fingerprint density at radius 1 is 1.13 bits per heavy atom. The maximum absolute atomic E-state index is 12.2. The maximum atomic E-state index is 12.2. The van der Waals surface area contributed by atoms with E-state index in [0.29, 0.717) is 16.3 Å². The van der Waals surface area contributed by atoms with Crippen molar-refractivity contribution in [2.75, 3.05) is 17.7 Å². The highest BCUT2D eigenvalue weighted by Gasteiger charge is 2.17. The predicted molar refractivity (Wildman–Crippen MR) is 87.0 cm³/mol. The summed E-state index contributed by atoms with van der Waals surface area (Å²) in [5.41, 5.74) is 10.7. The maximum Gasteiger partial charge on any atom is 0.317 e. The molecule has 23 heavy (non-hydrogen) atoms. The smallest absolute Gasteiger partial charge is 0.317 e. The zero-order valence-electron chi connectivity index (χ0n) is 12.1. The summed E-state index contributed by atoms with van der Waals surface area (Å²) in [4.78, 5) is 34.5. The van der Waals surface area contributed by atoms with E-state index in [1.807, 2.05) is 0 Å². The molecule has 0 saturated carbocycles. The van der Waals surface area contributed by atoms with Crippen LogP contribution in [0.3, 0.4) is 0 Å². The van der Waals surface area contributed by atoms with Crippen molar-refractivity contribution in [2.24, 2.45) is 11.5 Å². The van der Waals surface area contributed by atoms with E-state index >= 15 is 0 Å². The molecule has 9 heteroatoms. The first kappa shape index (κ1) is 16.3. The van der Waals surface area contributed by atoms with Gasteiger partial charge in [0.05, 0.1) is 17.7 Å². The van der Waals surface area contributed by atoms with Crippen LogP contribution in [-0.4, -0.2) is 25.0 Å². The number of benzene rings is 1. The lowest BCUT2D eigenvalue weighted by atomic mass is 10.2. The number of nitrogens with two attached hydrogens (primary N) is 2. The summed E-state index contributed by atoms with van der Waals surface area (Å²) in [6.45, 7) is 0. The Bertz CT molecular complexity index is 772. The number of nitrogens with one attached hydrogen (secondary N) is 2. The molecule has 0 aliphatic carbocycles. The van der Waals surface area contributed by atoms with Gasteiger partial charge < -0.3 is 21.5 Å². The average Bonchev–Trinajstić information content (AvgIpc) is 2.89. The Morgan fingerprint density at radius 2 is 1.87 bits per heavy atom. The first-order chi connectivity index (χ1) is 10.9. The van der Waals surface area contributed by atoms with E-state index in [1.165, 1.54) is 13.2 Å². The molecule has 0 radical (unpaired) electrons. The van der Waals surface area contributed by atoms with Crippen molar-refractivity contribution in [3.63, 3.8) is 0 Å². The molecule has 0 bridgehead atoms. The van der Waals surface area contributed by atoms with Gasteiger partial charge in [0.1, 0.15) is 10.8 Å². The van der Waals surface area contributed by atoms with Crippen LogP contribution in [-0.2, 0) is 0 Å². The second kappa shape index (κ2) is 6.79. The number of carbonyl (C=O) groups is 3. The number of thiophene rings is 1. The van der Waals surface area contributed by atoms with Crippen LogP contribution in [0.25, 0.3) is 0 Å². The lowest BCUT2D eigenvalue weighted by molar-refractivity contribution is 0.0997. The molecule has 0 aliphatic rings. The van der Waals surface area contributed by atoms with Crippen LogP contribution < -0.4 is 26.8 Å². The van der Waals surface area contributed by atoms with Gasteiger partial charge in [-0.15, -0.1) is 0 Å². The Balaban J connectivity index is 2.23. The minimum absolute atomic E-state index is 0.0646. The normalized spacial score (nSPS) is 9.96. The Morgan fingerprint density at radius 3 is 2.48 bits per heavy atom. The quantitative estimate of drug-likeness (QED) is 0.660. The van der Waals surface area contributed by atoms with Crippen LogP contribution in [0.15, 0.2) is 30.3 Å². The summed E-state index contributed by atoms with van der Waals surface area (Å²) in [5, 5.41) is 5.43. The van der Waals surface area contributed by atoms with Crippen LogP contribution in [0.1, 0.15) is 20.7 Å². The molecule has 0 atom stereocenters. The zero-order chi connectivity index (χ0) is 17.0. The summed E-state index contributed by atoms with van der Waals surface area (Å²) >= 11 is 0.973. The number of hydrogen-bond donors (Lipinski definition) is 4. The molecule has 6 N–H and O–H groups in total. The van der Waals surface area contributed by atoms with E-state index in [0.717, 1.165) is 11.3 Å². The number of urea groups is 1. The Hall–Kier alpha value is -3.07. The summed E-state index contributed by atoms with van der Waals surface area (Å²) in [6.07, 6.45) is 0. The second-order valence-electron chi connectivity index (χ2n) is 4.39. The van der Waals surface area contributed by atoms with Gasteiger partial charge in [0.2, 0.25) is 0 Å². The SMILES string of the molecule is COc1cccc(C(=O)Nc2cc(C(N)=O)c(NC(N)=O)s2)c1. The van der Waals surface area contributed by atoms with Crippen molar-refractivity contribution in [1.29, 1.82) is 0 Å². The van der Waals surface area contributed by atoms with Crippen molar-refractivity contribution in [3.8, 4) is 5.75 Å². The van der Waals surface area contributed by atoms with Gasteiger partial charge in [-0.2, -0.15) is 0 Å². The summed E-state index contributed by atoms with van der Waals surface area (Å²) < 4.78 is 5.05. The van der Waals surface area contributed by atoms with Gasteiger partial charge in [0.25, 0.3) is 11.8 Å². The molecule has 2 rings (SSSR count). The van der Waals surface area contributed by atoms with Gasteiger partial charge in [0.15, 0.2) is 0 Å². The highest BCUT2D eigenvalue weighted by Crippen LogP contribution is 2.32. The topological polar surface area (TPSA) is 137 Å². The van der Waals surface area contributed by atoms with Gasteiger partial charge in [-0.3, -0.25) is 14.9 Å². The molecule has 0 spiro atoms. The Kier molecular flexibility index (Phi) is 4.82. The number of anilines is 2. The molecule has 2 aromatic rings. The fraction of sp³-hybridized carbons (Fsp3) is 0.0714. The lowest BCUT2D eigenvalue weighted by Gasteiger charge is -2.04. The van der Waals surface area contributed by atoms with Crippen molar-refractivity contribution in [1.82, 2.24) is 0 Å². The fourth-order valence-corrected chi connectivity index (χ4v) is 2.75. The third kappa shape index (κ3) is 3.98. The average molecular weight is 334 g/mol. The van der Waals surface area contributed by atoms with Crippen molar-refractivity contribution in [2.45, 2.75) is 0 Å². The molecule has 1 aromatic carbocycles. The third-order valence-corrected chi connectivity index (χ3v) is 3.77. The number of rotatable bonds is 5. The van der Waals surface area contributed by atoms with Crippen LogP contribution in [0.5, 0.6) is 5.75 Å². The van der Waals surface area contributed by atoms with Crippen molar-refractivity contribution in [3.05, 3.63) is 41.5 Å². The van der Waals surface area contributed by atoms with Crippen LogP contribution in [0, 0.1) is 0 Å². The number of primary amides is 2. The van der Waals surface area contributed by atoms with E-state index in [1.54, 1.807) is 24.3 Å². The molecule has 0 fully saturated rings. The van der Waals surface area contributed by atoms with Crippen LogP contribution in [0.4, 0.5) is 14.8 Å². The first-order valence-electron chi connectivity index (χ1n) is 6.36. The molecule has 1 heterocycles. The number of methoxy groups -OCH3 is 1. The van der Waals surface area contributed by atoms with Crippen molar-refractivity contribution >= 4 is 39.2 Å². The number of ether oxygens (including phenoxy) is 1. The zero-order valence-corrected chi connectivity index (χ0v) is 12.9. The van der Waals surface area contributed by atoms with E-state index in [-0.39, 0.29) is 10.6 Å². The van der Waals surface area contributed by atoms with E-state index in [2.05, 4.69) is 10.6 Å². The molecule has 0 aliphatic heterocycles. The van der Waals surface area contributed by atoms with Gasteiger partial charge in [-0.25, -0.2) is 4.79 Å². The minimum Gasteiger partial charge on any atom is -0.497 e. The summed E-state index contributed by atoms with van der Waals surface area (Å²) in [6, 6.07) is 7.11. The van der Waals surface area contributed by atoms with E-state index < -0.39 is 17.8 Å². The highest BCUT2D eigenvalue weighted by molar-refractivity contribution is 7.20. The lowest BCUT2D eigenvalue weighted by Crippen LogP contribution is -2.21. The molecule has 0 unspecified atom stereocenters. The molecular weight excluding hydrogens is 320 g/mol. The van der Waals surface area contributed by atoms with Gasteiger partial charge >= 0.3 is 6.03 Å². The largest absolute Gasteiger partial charge is 0.497 e.